The fraction of sp³-hybridized carbons (Fsp3) is 0.444. The predicted octanol–water partition coefficient (Wildman–Crippen LogP) is 11.1. The molecule has 0 amide bonds. The lowest BCUT2D eigenvalue weighted by molar-refractivity contribution is -0.122. The zero-order chi connectivity index (χ0) is 32.0. The van der Waals surface area contributed by atoms with Crippen molar-refractivity contribution in [3.63, 3.8) is 0 Å². The molecule has 3 unspecified atom stereocenters. The van der Waals surface area contributed by atoms with Crippen LogP contribution in [-0.4, -0.2) is 5.78 Å². The molecule has 3 aromatic carbocycles. The molecule has 5 atom stereocenters. The Hall–Kier alpha value is -3.63. The predicted molar refractivity (Wildman–Crippen MR) is 194 cm³/mol. The Morgan fingerprint density at radius 1 is 0.848 bits per heavy atom. The molecule has 0 saturated heterocycles. The van der Waals surface area contributed by atoms with Crippen LogP contribution in [-0.2, 0) is 17.6 Å². The van der Waals surface area contributed by atoms with Crippen LogP contribution in [0.4, 0.5) is 0 Å². The fourth-order valence-corrected chi connectivity index (χ4v) is 8.98. The van der Waals surface area contributed by atoms with Crippen LogP contribution in [0.1, 0.15) is 117 Å². The highest BCUT2D eigenvalue weighted by Gasteiger charge is 2.33. The van der Waals surface area contributed by atoms with Crippen LogP contribution >= 0.6 is 0 Å². The maximum absolute atomic E-state index is 14.0. The Kier molecular flexibility index (Phi) is 10.4. The molecule has 0 radical (unpaired) electrons. The summed E-state index contributed by atoms with van der Waals surface area (Å²) in [6.07, 6.45) is 23.8. The normalized spacial score (nSPS) is 26.7. The molecule has 1 nitrogen and oxygen atoms in total. The molecule has 46 heavy (non-hydrogen) atoms. The van der Waals surface area contributed by atoms with Crippen molar-refractivity contribution in [3.8, 4) is 12.3 Å². The van der Waals surface area contributed by atoms with Crippen LogP contribution in [0, 0.1) is 41.9 Å². The number of rotatable bonds is 10. The van der Waals surface area contributed by atoms with Crippen molar-refractivity contribution in [3.05, 3.63) is 124 Å². The Balaban J connectivity index is 1.15. The highest BCUT2D eigenvalue weighted by atomic mass is 16.1. The van der Waals surface area contributed by atoms with E-state index < -0.39 is 0 Å². The summed E-state index contributed by atoms with van der Waals surface area (Å²) in [7, 11) is 0. The van der Waals surface area contributed by atoms with Gasteiger partial charge in [0.2, 0.25) is 0 Å². The summed E-state index contributed by atoms with van der Waals surface area (Å²) in [4.78, 5) is 14.0. The van der Waals surface area contributed by atoms with Gasteiger partial charge in [0.1, 0.15) is 5.78 Å². The van der Waals surface area contributed by atoms with Gasteiger partial charge in [-0.15, -0.1) is 6.42 Å². The number of ketones is 1. The molecule has 3 aliphatic carbocycles. The van der Waals surface area contributed by atoms with E-state index in [1.54, 1.807) is 0 Å². The monoisotopic (exact) mass is 608 g/mol. The topological polar surface area (TPSA) is 17.1 Å². The Bertz CT molecular complexity index is 1560. The number of hydrogen-bond acceptors (Lipinski definition) is 1. The van der Waals surface area contributed by atoms with Gasteiger partial charge in [-0.05, 0) is 133 Å². The van der Waals surface area contributed by atoms with E-state index in [2.05, 4.69) is 112 Å². The maximum Gasteiger partial charge on any atom is 0.140 e. The highest BCUT2D eigenvalue weighted by molar-refractivity contribution is 5.86. The van der Waals surface area contributed by atoms with Gasteiger partial charge in [-0.25, -0.2) is 0 Å². The minimum absolute atomic E-state index is 0.0254. The van der Waals surface area contributed by atoms with E-state index in [4.69, 9.17) is 6.42 Å². The molecule has 2 fully saturated rings. The van der Waals surface area contributed by atoms with Crippen molar-refractivity contribution >= 4 is 11.4 Å². The van der Waals surface area contributed by atoms with E-state index in [9.17, 15) is 4.79 Å². The molecule has 0 aliphatic heterocycles. The van der Waals surface area contributed by atoms with Crippen molar-refractivity contribution in [2.75, 3.05) is 0 Å². The van der Waals surface area contributed by atoms with Gasteiger partial charge < -0.3 is 0 Å². The summed E-state index contributed by atoms with van der Waals surface area (Å²) in [6.45, 7) is 7.03. The zero-order valence-electron chi connectivity index (χ0n) is 28.3. The van der Waals surface area contributed by atoms with E-state index in [1.807, 2.05) is 6.07 Å². The number of terminal acetylenes is 1. The van der Waals surface area contributed by atoms with Crippen LogP contribution in [0.2, 0.25) is 0 Å². The first-order valence-electron chi connectivity index (χ1n) is 18.0. The van der Waals surface area contributed by atoms with Gasteiger partial charge in [0, 0.05) is 17.9 Å². The number of carbonyl (C=O) groups excluding carboxylic acids is 1. The molecular weight excluding hydrogens is 556 g/mol. The van der Waals surface area contributed by atoms with Gasteiger partial charge >= 0.3 is 0 Å². The largest absolute Gasteiger partial charge is 0.299 e. The second-order valence-corrected chi connectivity index (χ2v) is 15.1. The van der Waals surface area contributed by atoms with Crippen molar-refractivity contribution in [1.82, 2.24) is 0 Å². The Labute approximate surface area is 278 Å². The van der Waals surface area contributed by atoms with Gasteiger partial charge in [0.15, 0.2) is 0 Å². The standard InChI is InChI=1S/C45H52O/c1-5-37-17-14-36(30-43(37)42-27-32(3)25-33(4)28-42)29-35-12-18-39(19-13-35)45(44(46)24-15-34-9-7-6-8-10-34)40-22-20-38(21-23-40)41-16-11-31(2)26-41/h1,6-11,14,16-17,20-23,26,30-33,35,39,42,45H,12-13,15,18-19,24-25,27-29H2,2-4H3/t31?,32-,33+,35?,39?,42?,45?. The number of hydrogen-bond donors (Lipinski definition) is 0. The molecule has 0 aromatic heterocycles. The van der Waals surface area contributed by atoms with E-state index in [0.29, 0.717) is 35.9 Å². The second-order valence-electron chi connectivity index (χ2n) is 15.1. The van der Waals surface area contributed by atoms with Gasteiger partial charge in [0.05, 0.1) is 0 Å². The Morgan fingerprint density at radius 3 is 2.22 bits per heavy atom. The first-order valence-corrected chi connectivity index (χ1v) is 18.0. The van der Waals surface area contributed by atoms with Crippen molar-refractivity contribution < 1.29 is 4.79 Å². The lowest BCUT2D eigenvalue weighted by Gasteiger charge is -2.34. The number of benzene rings is 3. The summed E-state index contributed by atoms with van der Waals surface area (Å²) < 4.78 is 0. The molecule has 3 aliphatic rings. The number of aryl methyl sites for hydroxylation is 1. The van der Waals surface area contributed by atoms with Gasteiger partial charge in [-0.3, -0.25) is 4.79 Å². The molecule has 2 saturated carbocycles. The number of Topliss-reactive ketones (excluding diaryl/α,β-unsaturated/α-hetero) is 1. The zero-order valence-corrected chi connectivity index (χ0v) is 28.3. The van der Waals surface area contributed by atoms with Crippen LogP contribution in [0.25, 0.3) is 5.57 Å². The summed E-state index contributed by atoms with van der Waals surface area (Å²) in [5.41, 5.74) is 8.93. The minimum atomic E-state index is -0.0254. The van der Waals surface area contributed by atoms with Gasteiger partial charge in [0.25, 0.3) is 0 Å². The molecule has 6 rings (SSSR count). The summed E-state index contributed by atoms with van der Waals surface area (Å²) in [5, 5.41) is 0. The lowest BCUT2D eigenvalue weighted by Crippen LogP contribution is -2.27. The second kappa shape index (κ2) is 14.9. The van der Waals surface area contributed by atoms with Crippen molar-refractivity contribution in [2.24, 2.45) is 29.6 Å². The van der Waals surface area contributed by atoms with Crippen LogP contribution in [0.5, 0.6) is 0 Å². The van der Waals surface area contributed by atoms with Crippen LogP contribution < -0.4 is 0 Å². The SMILES string of the molecule is C#Cc1ccc(CC2CCC(C(C(=O)CCc3ccccc3)c3ccc(C4=CC(C)C=C4)cc3)CC2)cc1C1C[C@@H](C)C[C@@H](C)C1. The average molecular weight is 609 g/mol. The molecular formula is C45H52O. The fourth-order valence-electron chi connectivity index (χ4n) is 8.98. The third-order valence-corrected chi connectivity index (χ3v) is 11.3. The molecule has 0 bridgehead atoms. The van der Waals surface area contributed by atoms with E-state index in [0.717, 1.165) is 43.1 Å². The maximum atomic E-state index is 14.0. The molecule has 238 valence electrons. The van der Waals surface area contributed by atoms with Gasteiger partial charge in [-0.2, -0.15) is 0 Å². The van der Waals surface area contributed by atoms with E-state index >= 15 is 0 Å². The quantitative estimate of drug-likeness (QED) is 0.209. The smallest absolute Gasteiger partial charge is 0.140 e. The van der Waals surface area contributed by atoms with Gasteiger partial charge in [-0.1, -0.05) is 112 Å². The summed E-state index contributed by atoms with van der Waals surface area (Å²) >= 11 is 0. The highest BCUT2D eigenvalue weighted by Crippen LogP contribution is 2.43. The van der Waals surface area contributed by atoms with Crippen LogP contribution in [0.15, 0.2) is 91.0 Å². The lowest BCUT2D eigenvalue weighted by atomic mass is 9.70. The third-order valence-electron chi connectivity index (χ3n) is 11.3. The molecule has 0 spiro atoms. The minimum Gasteiger partial charge on any atom is -0.299 e. The summed E-state index contributed by atoms with van der Waals surface area (Å²) in [5.74, 6) is 7.04. The van der Waals surface area contributed by atoms with Crippen LogP contribution in [0.3, 0.4) is 0 Å². The first-order chi connectivity index (χ1) is 22.4. The molecule has 1 heteroatoms. The molecule has 0 heterocycles. The Morgan fingerprint density at radius 2 is 1.57 bits per heavy atom. The van der Waals surface area contributed by atoms with E-state index in [1.165, 1.54) is 65.5 Å². The average Bonchev–Trinajstić information content (AvgIpc) is 3.51. The third kappa shape index (κ3) is 7.83. The van der Waals surface area contributed by atoms with Crippen molar-refractivity contribution in [2.45, 2.75) is 96.8 Å². The van der Waals surface area contributed by atoms with Crippen molar-refractivity contribution in [1.29, 1.82) is 0 Å². The first kappa shape index (κ1) is 32.3. The molecule has 3 aromatic rings. The number of carbonyl (C=O) groups is 1. The number of allylic oxidation sites excluding steroid dienone is 4. The summed E-state index contributed by atoms with van der Waals surface area (Å²) in [6, 6.07) is 26.4. The van der Waals surface area contributed by atoms with E-state index in [-0.39, 0.29) is 5.92 Å². The molecule has 0 N–H and O–H groups in total.